The molecule has 0 aromatic heterocycles. The number of rotatable bonds is 12. The van der Waals surface area contributed by atoms with Gasteiger partial charge in [0.15, 0.2) is 0 Å². The Bertz CT molecular complexity index is 767. The summed E-state index contributed by atoms with van der Waals surface area (Å²) in [7, 11) is 0. The summed E-state index contributed by atoms with van der Waals surface area (Å²) in [5, 5.41) is 34.3. The fraction of sp³-hybridized carbons (Fsp3) is 0.500. The second kappa shape index (κ2) is 12.5. The molecule has 0 aliphatic rings. The van der Waals surface area contributed by atoms with Crippen LogP contribution in [0.2, 0.25) is 0 Å². The first kappa shape index (κ1) is 25.9. The van der Waals surface area contributed by atoms with Gasteiger partial charge >= 0.3 is 5.97 Å². The molecule has 1 aromatic rings. The molecule has 0 aliphatic heterocycles. The number of hydrogen-bond acceptors (Lipinski definition) is 7. The Labute approximate surface area is 180 Å². The van der Waals surface area contributed by atoms with E-state index in [1.165, 1.54) is 12.1 Å². The van der Waals surface area contributed by atoms with E-state index in [1.807, 2.05) is 13.8 Å². The molecule has 0 heterocycles. The summed E-state index contributed by atoms with van der Waals surface area (Å²) >= 11 is 0. The van der Waals surface area contributed by atoms with Gasteiger partial charge in [0.05, 0.1) is 19.2 Å². The first-order valence-corrected chi connectivity index (χ1v) is 9.78. The summed E-state index contributed by atoms with van der Waals surface area (Å²) in [5.74, 6) is -3.28. The van der Waals surface area contributed by atoms with E-state index in [9.17, 15) is 24.3 Å². The summed E-state index contributed by atoms with van der Waals surface area (Å²) in [5.41, 5.74) is 6.57. The van der Waals surface area contributed by atoms with Crippen molar-refractivity contribution in [3.63, 3.8) is 0 Å². The number of aromatic hydroxyl groups is 1. The number of carboxylic acids is 1. The number of phenolic OH excluding ortho intramolecular Hbond substituents is 1. The van der Waals surface area contributed by atoms with Crippen molar-refractivity contribution in [1.82, 2.24) is 16.0 Å². The molecule has 31 heavy (non-hydrogen) atoms. The topological polar surface area (TPSA) is 191 Å². The quantitative estimate of drug-likeness (QED) is 0.204. The lowest BCUT2D eigenvalue weighted by Crippen LogP contribution is -2.54. The van der Waals surface area contributed by atoms with Gasteiger partial charge in [-0.1, -0.05) is 26.0 Å². The van der Waals surface area contributed by atoms with Crippen LogP contribution in [0.25, 0.3) is 0 Å². The van der Waals surface area contributed by atoms with Crippen molar-refractivity contribution in [2.24, 2.45) is 11.7 Å². The van der Waals surface area contributed by atoms with E-state index in [2.05, 4.69) is 16.0 Å². The van der Waals surface area contributed by atoms with E-state index in [-0.39, 0.29) is 24.5 Å². The third-order valence-electron chi connectivity index (χ3n) is 4.31. The molecule has 0 radical (unpaired) electrons. The van der Waals surface area contributed by atoms with Crippen LogP contribution in [0.1, 0.15) is 25.8 Å². The normalized spacial score (nSPS) is 13.7. The van der Waals surface area contributed by atoms with Crippen LogP contribution >= 0.6 is 0 Å². The average Bonchev–Trinajstić information content (AvgIpc) is 2.70. The first-order chi connectivity index (χ1) is 14.5. The lowest BCUT2D eigenvalue weighted by atomic mass is 10.0. The maximum absolute atomic E-state index is 12.3. The molecule has 0 fully saturated rings. The average molecular weight is 438 g/mol. The van der Waals surface area contributed by atoms with Gasteiger partial charge in [-0.3, -0.25) is 14.4 Å². The lowest BCUT2D eigenvalue weighted by Gasteiger charge is -2.22. The van der Waals surface area contributed by atoms with Crippen LogP contribution in [0.15, 0.2) is 24.3 Å². The third-order valence-corrected chi connectivity index (χ3v) is 4.31. The van der Waals surface area contributed by atoms with Gasteiger partial charge in [0.25, 0.3) is 0 Å². The maximum Gasteiger partial charge on any atom is 0.328 e. The minimum Gasteiger partial charge on any atom is -0.508 e. The highest BCUT2D eigenvalue weighted by atomic mass is 16.4. The summed E-state index contributed by atoms with van der Waals surface area (Å²) in [6.07, 6.45) is 0.424. The van der Waals surface area contributed by atoms with Gasteiger partial charge in [0.2, 0.25) is 17.7 Å². The van der Waals surface area contributed by atoms with Crippen LogP contribution in [0.5, 0.6) is 5.75 Å². The molecular weight excluding hydrogens is 408 g/mol. The van der Waals surface area contributed by atoms with Crippen molar-refractivity contribution < 1.29 is 34.5 Å². The Kier molecular flexibility index (Phi) is 10.4. The van der Waals surface area contributed by atoms with Crippen LogP contribution in [0, 0.1) is 5.92 Å². The smallest absolute Gasteiger partial charge is 0.328 e. The number of aliphatic carboxylic acids is 1. The van der Waals surface area contributed by atoms with Crippen LogP contribution in [-0.4, -0.2) is 70.3 Å². The van der Waals surface area contributed by atoms with Gasteiger partial charge in [0.1, 0.15) is 17.8 Å². The number of hydrogen-bond donors (Lipinski definition) is 7. The Morgan fingerprint density at radius 3 is 2.13 bits per heavy atom. The maximum atomic E-state index is 12.3. The number of aliphatic hydroxyl groups is 1. The van der Waals surface area contributed by atoms with Crippen molar-refractivity contribution >= 4 is 23.7 Å². The Morgan fingerprint density at radius 2 is 1.61 bits per heavy atom. The number of phenols is 1. The van der Waals surface area contributed by atoms with Crippen molar-refractivity contribution in [2.45, 2.75) is 44.8 Å². The summed E-state index contributed by atoms with van der Waals surface area (Å²) in [6, 6.07) is 2.74. The SMILES string of the molecule is CC(C)CC(NC(=O)CNC(=O)C(N)Cc1ccc(O)cc1)C(=O)NC(CO)C(=O)O. The fourth-order valence-electron chi connectivity index (χ4n) is 2.68. The van der Waals surface area contributed by atoms with Crippen molar-refractivity contribution in [3.05, 3.63) is 29.8 Å². The number of aliphatic hydroxyl groups excluding tert-OH is 1. The number of carbonyl (C=O) groups excluding carboxylic acids is 3. The molecule has 0 spiro atoms. The Hall–Kier alpha value is -3.18. The van der Waals surface area contributed by atoms with E-state index >= 15 is 0 Å². The van der Waals surface area contributed by atoms with Crippen LogP contribution in [0.3, 0.4) is 0 Å². The van der Waals surface area contributed by atoms with E-state index < -0.39 is 55.0 Å². The Morgan fingerprint density at radius 1 is 1.00 bits per heavy atom. The van der Waals surface area contributed by atoms with E-state index in [1.54, 1.807) is 12.1 Å². The van der Waals surface area contributed by atoms with Gasteiger partial charge in [-0.2, -0.15) is 0 Å². The van der Waals surface area contributed by atoms with Gasteiger partial charge in [-0.25, -0.2) is 4.79 Å². The molecule has 11 nitrogen and oxygen atoms in total. The second-order valence-electron chi connectivity index (χ2n) is 7.53. The van der Waals surface area contributed by atoms with Gasteiger partial charge in [-0.05, 0) is 36.5 Å². The molecule has 0 aliphatic carbocycles. The number of carbonyl (C=O) groups is 4. The molecule has 0 bridgehead atoms. The molecule has 0 saturated heterocycles. The summed E-state index contributed by atoms with van der Waals surface area (Å²) in [4.78, 5) is 47.7. The minimum atomic E-state index is -1.49. The predicted octanol–water partition coefficient (Wildman–Crippen LogP) is -1.53. The van der Waals surface area contributed by atoms with E-state index in [4.69, 9.17) is 15.9 Å². The number of benzene rings is 1. The standard InChI is InChI=1S/C20H30N4O7/c1-11(2)7-15(19(29)24-16(10-25)20(30)31)23-17(27)9-22-18(28)14(21)8-12-3-5-13(26)6-4-12/h3-6,11,14-16,25-26H,7-10,21H2,1-2H3,(H,22,28)(H,23,27)(H,24,29)(H,30,31). The van der Waals surface area contributed by atoms with Crippen LogP contribution in [0.4, 0.5) is 0 Å². The largest absolute Gasteiger partial charge is 0.508 e. The molecule has 11 heteroatoms. The van der Waals surface area contributed by atoms with Crippen LogP contribution < -0.4 is 21.7 Å². The number of carboxylic acid groups (broad SMARTS) is 1. The molecule has 3 atom stereocenters. The van der Waals surface area contributed by atoms with Crippen molar-refractivity contribution in [3.8, 4) is 5.75 Å². The van der Waals surface area contributed by atoms with Gasteiger partial charge in [0, 0.05) is 0 Å². The third kappa shape index (κ3) is 9.45. The number of nitrogens with one attached hydrogen (secondary N) is 3. The molecule has 3 amide bonds. The van der Waals surface area contributed by atoms with Crippen molar-refractivity contribution in [2.75, 3.05) is 13.2 Å². The molecular formula is C20H30N4O7. The molecule has 0 saturated carbocycles. The summed E-state index contributed by atoms with van der Waals surface area (Å²) in [6.45, 7) is 2.42. The highest BCUT2D eigenvalue weighted by Crippen LogP contribution is 2.11. The monoisotopic (exact) mass is 438 g/mol. The fourth-order valence-corrected chi connectivity index (χ4v) is 2.68. The number of nitrogens with two attached hydrogens (primary N) is 1. The van der Waals surface area contributed by atoms with E-state index in [0.717, 1.165) is 5.56 Å². The molecule has 1 aromatic carbocycles. The highest BCUT2D eigenvalue weighted by molar-refractivity contribution is 5.92. The van der Waals surface area contributed by atoms with Gasteiger partial charge in [-0.15, -0.1) is 0 Å². The number of amides is 3. The molecule has 172 valence electrons. The Balaban J connectivity index is 2.60. The lowest BCUT2D eigenvalue weighted by molar-refractivity contribution is -0.143. The predicted molar refractivity (Wildman–Crippen MR) is 111 cm³/mol. The summed E-state index contributed by atoms with van der Waals surface area (Å²) < 4.78 is 0. The highest BCUT2D eigenvalue weighted by Gasteiger charge is 2.27. The zero-order valence-corrected chi connectivity index (χ0v) is 17.5. The van der Waals surface area contributed by atoms with Gasteiger partial charge < -0.3 is 37.0 Å². The molecule has 8 N–H and O–H groups in total. The first-order valence-electron chi connectivity index (χ1n) is 9.78. The minimum absolute atomic E-state index is 0.00165. The second-order valence-corrected chi connectivity index (χ2v) is 7.53. The molecule has 1 rings (SSSR count). The van der Waals surface area contributed by atoms with Crippen molar-refractivity contribution in [1.29, 1.82) is 0 Å². The molecule has 3 unspecified atom stereocenters. The van der Waals surface area contributed by atoms with Crippen LogP contribution in [-0.2, 0) is 25.6 Å². The zero-order chi connectivity index (χ0) is 23.6. The van der Waals surface area contributed by atoms with E-state index in [0.29, 0.717) is 0 Å². The zero-order valence-electron chi connectivity index (χ0n) is 17.5.